The number of aromatic nitrogens is 3. The van der Waals surface area contributed by atoms with E-state index in [1.54, 1.807) is 0 Å². The lowest BCUT2D eigenvalue weighted by molar-refractivity contribution is 0.261. The summed E-state index contributed by atoms with van der Waals surface area (Å²) in [6.45, 7) is 5.50. The molecular formula is C22H33IN6O. The van der Waals surface area contributed by atoms with Crippen molar-refractivity contribution in [2.24, 2.45) is 4.99 Å². The summed E-state index contributed by atoms with van der Waals surface area (Å²) in [5.41, 5.74) is 1.20. The van der Waals surface area contributed by atoms with Gasteiger partial charge in [0.2, 0.25) is 0 Å². The summed E-state index contributed by atoms with van der Waals surface area (Å²) >= 11 is 0. The van der Waals surface area contributed by atoms with Gasteiger partial charge in [0.05, 0.1) is 12.6 Å². The molecule has 0 bridgehead atoms. The van der Waals surface area contributed by atoms with E-state index in [1.165, 1.54) is 24.8 Å². The van der Waals surface area contributed by atoms with Crippen molar-refractivity contribution in [2.75, 3.05) is 19.7 Å². The average Bonchev–Trinajstić information content (AvgIpc) is 2.97. The molecule has 8 heteroatoms. The third-order valence-electron chi connectivity index (χ3n) is 5.63. The average molecular weight is 524 g/mol. The van der Waals surface area contributed by atoms with E-state index in [1.807, 2.05) is 12.1 Å². The summed E-state index contributed by atoms with van der Waals surface area (Å²) in [5.74, 6) is 4.12. The lowest BCUT2D eigenvalue weighted by atomic mass is 10.0. The van der Waals surface area contributed by atoms with Gasteiger partial charge in [0.15, 0.2) is 5.96 Å². The number of hydrogen-bond donors (Lipinski definition) is 2. The van der Waals surface area contributed by atoms with Gasteiger partial charge in [-0.15, -0.1) is 34.2 Å². The van der Waals surface area contributed by atoms with Crippen LogP contribution in [0.4, 0.5) is 0 Å². The van der Waals surface area contributed by atoms with Crippen molar-refractivity contribution < 1.29 is 4.74 Å². The number of guanidine groups is 1. The van der Waals surface area contributed by atoms with E-state index in [4.69, 9.17) is 9.73 Å². The second kappa shape index (κ2) is 11.5. The Labute approximate surface area is 196 Å². The molecule has 0 saturated carbocycles. The van der Waals surface area contributed by atoms with Gasteiger partial charge in [-0.25, -0.2) is 0 Å². The third-order valence-corrected chi connectivity index (χ3v) is 5.63. The lowest BCUT2D eigenvalue weighted by Crippen LogP contribution is -2.41. The van der Waals surface area contributed by atoms with Crippen molar-refractivity contribution in [1.82, 2.24) is 25.4 Å². The molecule has 0 saturated heterocycles. The quantitative estimate of drug-likeness (QED) is 0.261. The fraction of sp³-hybridized carbons (Fsp3) is 0.591. The summed E-state index contributed by atoms with van der Waals surface area (Å²) in [6, 6.07) is 8.48. The van der Waals surface area contributed by atoms with Crippen molar-refractivity contribution in [3.05, 3.63) is 41.5 Å². The van der Waals surface area contributed by atoms with Crippen molar-refractivity contribution in [3.63, 3.8) is 0 Å². The first-order valence-electron chi connectivity index (χ1n) is 11.0. The number of halogens is 1. The molecule has 1 aromatic heterocycles. The minimum Gasteiger partial charge on any atom is -0.493 e. The van der Waals surface area contributed by atoms with Gasteiger partial charge < -0.3 is 19.9 Å². The molecule has 0 spiro atoms. The van der Waals surface area contributed by atoms with E-state index >= 15 is 0 Å². The highest BCUT2D eigenvalue weighted by Gasteiger charge is 2.21. The number of rotatable bonds is 6. The smallest absolute Gasteiger partial charge is 0.191 e. The van der Waals surface area contributed by atoms with E-state index in [0.717, 1.165) is 75.3 Å². The summed E-state index contributed by atoms with van der Waals surface area (Å²) < 4.78 is 8.11. The Kier molecular flexibility index (Phi) is 8.77. The second-order valence-corrected chi connectivity index (χ2v) is 7.73. The fourth-order valence-corrected chi connectivity index (χ4v) is 4.14. The molecule has 7 nitrogen and oxygen atoms in total. The first-order chi connectivity index (χ1) is 14.3. The molecule has 2 N–H and O–H groups in total. The van der Waals surface area contributed by atoms with Gasteiger partial charge in [0, 0.05) is 44.5 Å². The van der Waals surface area contributed by atoms with Crippen LogP contribution in [0.15, 0.2) is 29.3 Å². The minimum absolute atomic E-state index is 0. The highest BCUT2D eigenvalue weighted by molar-refractivity contribution is 14.0. The van der Waals surface area contributed by atoms with Gasteiger partial charge in [0.25, 0.3) is 0 Å². The number of nitrogens with zero attached hydrogens (tertiary/aromatic N) is 4. The van der Waals surface area contributed by atoms with E-state index in [0.29, 0.717) is 0 Å². The van der Waals surface area contributed by atoms with Crippen LogP contribution in [0, 0.1) is 0 Å². The zero-order chi connectivity index (χ0) is 19.9. The Morgan fingerprint density at radius 1 is 1.23 bits per heavy atom. The Balaban J connectivity index is 0.00000256. The SMILES string of the molecule is CCNC(=NCCCc1nnc2n1CCCCC2)NC1CCOc2ccccc21.I. The van der Waals surface area contributed by atoms with Gasteiger partial charge in [-0.1, -0.05) is 24.6 Å². The topological polar surface area (TPSA) is 76.4 Å². The van der Waals surface area contributed by atoms with Crippen LogP contribution in [0.25, 0.3) is 0 Å². The highest BCUT2D eigenvalue weighted by atomic mass is 127. The number of fused-ring (bicyclic) bond motifs is 2. The molecular weight excluding hydrogens is 491 g/mol. The van der Waals surface area contributed by atoms with E-state index in [9.17, 15) is 0 Å². The Morgan fingerprint density at radius 2 is 2.13 bits per heavy atom. The Morgan fingerprint density at radius 3 is 3.03 bits per heavy atom. The molecule has 0 aliphatic carbocycles. The normalized spacial score (nSPS) is 18.3. The van der Waals surface area contributed by atoms with E-state index in [2.05, 4.69) is 44.5 Å². The standard InChI is InChI=1S/C22H32N6O.HI/c1-2-23-22(25-18-13-16-29-19-10-6-5-9-17(18)19)24-14-8-12-21-27-26-20-11-4-3-7-15-28(20)21;/h5-6,9-10,18H,2-4,7-8,11-16H2,1H3,(H2,23,24,25);1H. The van der Waals surface area contributed by atoms with Crippen LogP contribution in [-0.4, -0.2) is 40.4 Å². The number of aryl methyl sites for hydroxylation is 2. The summed E-state index contributed by atoms with van der Waals surface area (Å²) in [7, 11) is 0. The zero-order valence-corrected chi connectivity index (χ0v) is 20.1. The second-order valence-electron chi connectivity index (χ2n) is 7.73. The van der Waals surface area contributed by atoms with Crippen LogP contribution >= 0.6 is 24.0 Å². The molecule has 0 radical (unpaired) electrons. The highest BCUT2D eigenvalue weighted by Crippen LogP contribution is 2.31. The Hall–Kier alpha value is -1.84. The van der Waals surface area contributed by atoms with Crippen LogP contribution in [0.5, 0.6) is 5.75 Å². The van der Waals surface area contributed by atoms with E-state index < -0.39 is 0 Å². The first kappa shape index (κ1) is 22.8. The zero-order valence-electron chi connectivity index (χ0n) is 17.8. The molecule has 1 atom stereocenters. The molecule has 1 unspecified atom stereocenters. The number of benzene rings is 1. The molecule has 1 aromatic carbocycles. The van der Waals surface area contributed by atoms with Crippen molar-refractivity contribution in [1.29, 1.82) is 0 Å². The fourth-order valence-electron chi connectivity index (χ4n) is 4.14. The first-order valence-corrected chi connectivity index (χ1v) is 11.0. The molecule has 0 amide bonds. The largest absolute Gasteiger partial charge is 0.493 e. The summed E-state index contributed by atoms with van der Waals surface area (Å²) in [6.07, 6.45) is 7.65. The lowest BCUT2D eigenvalue weighted by Gasteiger charge is -2.28. The molecule has 2 aliphatic heterocycles. The number of para-hydroxylation sites is 1. The maximum atomic E-state index is 5.77. The van der Waals surface area contributed by atoms with Gasteiger partial charge in [-0.05, 0) is 32.3 Å². The maximum Gasteiger partial charge on any atom is 0.191 e. The number of hydrogen-bond acceptors (Lipinski definition) is 4. The molecule has 3 heterocycles. The van der Waals surface area contributed by atoms with Crippen LogP contribution in [0.1, 0.15) is 62.3 Å². The molecule has 30 heavy (non-hydrogen) atoms. The van der Waals surface area contributed by atoms with Crippen molar-refractivity contribution >= 4 is 29.9 Å². The molecule has 4 rings (SSSR count). The van der Waals surface area contributed by atoms with Crippen LogP contribution in [-0.2, 0) is 19.4 Å². The van der Waals surface area contributed by atoms with Gasteiger partial charge in [0.1, 0.15) is 17.4 Å². The minimum atomic E-state index is 0. The van der Waals surface area contributed by atoms with E-state index in [-0.39, 0.29) is 30.0 Å². The monoisotopic (exact) mass is 524 g/mol. The summed E-state index contributed by atoms with van der Waals surface area (Å²) in [5, 5.41) is 15.8. The van der Waals surface area contributed by atoms with Crippen LogP contribution in [0.2, 0.25) is 0 Å². The number of ether oxygens (including phenoxy) is 1. The Bertz CT molecular complexity index is 837. The summed E-state index contributed by atoms with van der Waals surface area (Å²) in [4.78, 5) is 4.81. The molecule has 164 valence electrons. The third kappa shape index (κ3) is 5.65. The maximum absolute atomic E-state index is 5.77. The van der Waals surface area contributed by atoms with Gasteiger partial charge in [-0.2, -0.15) is 0 Å². The predicted molar refractivity (Wildman–Crippen MR) is 130 cm³/mol. The van der Waals surface area contributed by atoms with Crippen molar-refractivity contribution in [2.45, 2.75) is 64.5 Å². The number of aliphatic imine (C=N–C) groups is 1. The number of nitrogens with one attached hydrogen (secondary N) is 2. The van der Waals surface area contributed by atoms with Gasteiger partial charge in [-0.3, -0.25) is 4.99 Å². The predicted octanol–water partition coefficient (Wildman–Crippen LogP) is 3.63. The van der Waals surface area contributed by atoms with Gasteiger partial charge >= 0.3 is 0 Å². The molecule has 2 aliphatic rings. The van der Waals surface area contributed by atoms with Crippen LogP contribution < -0.4 is 15.4 Å². The van der Waals surface area contributed by atoms with Crippen molar-refractivity contribution in [3.8, 4) is 5.75 Å². The molecule has 2 aromatic rings. The molecule has 0 fully saturated rings. The van der Waals surface area contributed by atoms with Crippen LogP contribution in [0.3, 0.4) is 0 Å².